The number of unbranched alkanes of at least 4 members (excludes halogenated alkanes) is 1. The highest BCUT2D eigenvalue weighted by Crippen LogP contribution is 2.38. The molecule has 0 heterocycles. The minimum atomic E-state index is 0.0225. The molecule has 0 bridgehead atoms. The Kier molecular flexibility index (Phi) is 6.31. The molecule has 2 rings (SSSR count). The summed E-state index contributed by atoms with van der Waals surface area (Å²) in [4.78, 5) is 2.72. The molecule has 2 atom stereocenters. The molecule has 2 aliphatic carbocycles. The van der Waals surface area contributed by atoms with Gasteiger partial charge in [-0.05, 0) is 64.1 Å². The average Bonchev–Trinajstić information content (AvgIpc) is 3.22. The lowest BCUT2D eigenvalue weighted by molar-refractivity contribution is 0.111. The molecule has 0 radical (unpaired) electrons. The number of hydrogen-bond donors (Lipinski definition) is 2. The van der Waals surface area contributed by atoms with Crippen LogP contribution in [0.2, 0.25) is 0 Å². The summed E-state index contributed by atoms with van der Waals surface area (Å²) >= 11 is 0. The fraction of sp³-hybridized carbons (Fsp3) is 1.00. The summed E-state index contributed by atoms with van der Waals surface area (Å²) in [5, 5.41) is 13.5. The van der Waals surface area contributed by atoms with Gasteiger partial charge in [-0.3, -0.25) is 0 Å². The Hall–Kier alpha value is -0.120. The van der Waals surface area contributed by atoms with Crippen molar-refractivity contribution in [3.05, 3.63) is 0 Å². The molecule has 0 aliphatic heterocycles. The van der Waals surface area contributed by atoms with Gasteiger partial charge >= 0.3 is 0 Å². The smallest absolute Gasteiger partial charge is 0.0616 e. The number of hydrogen-bond acceptors (Lipinski definition) is 3. The van der Waals surface area contributed by atoms with Crippen LogP contribution in [0.3, 0.4) is 0 Å². The van der Waals surface area contributed by atoms with Gasteiger partial charge in [-0.15, -0.1) is 0 Å². The van der Waals surface area contributed by atoms with Gasteiger partial charge in [-0.2, -0.15) is 0 Å². The minimum absolute atomic E-state index is 0.0225. The third kappa shape index (κ3) is 3.96. The lowest BCUT2D eigenvalue weighted by Crippen LogP contribution is -2.52. The molecule has 0 amide bonds. The number of rotatable bonds is 10. The lowest BCUT2D eigenvalue weighted by Gasteiger charge is -2.36. The maximum Gasteiger partial charge on any atom is 0.0616 e. The minimum Gasteiger partial charge on any atom is -0.394 e. The van der Waals surface area contributed by atoms with Gasteiger partial charge in [0.25, 0.3) is 0 Å². The van der Waals surface area contributed by atoms with E-state index < -0.39 is 0 Å². The number of nitrogens with zero attached hydrogens (tertiary/aromatic N) is 1. The second-order valence-electron chi connectivity index (χ2n) is 6.84. The zero-order chi connectivity index (χ0) is 14.4. The monoisotopic (exact) mass is 282 g/mol. The summed E-state index contributed by atoms with van der Waals surface area (Å²) in [6.07, 6.45) is 10.4. The molecule has 2 fully saturated rings. The molecule has 3 nitrogen and oxygen atoms in total. The Morgan fingerprint density at radius 3 is 2.60 bits per heavy atom. The largest absolute Gasteiger partial charge is 0.394 e. The van der Waals surface area contributed by atoms with Crippen molar-refractivity contribution in [1.82, 2.24) is 10.2 Å². The van der Waals surface area contributed by atoms with Crippen LogP contribution in [0, 0.1) is 5.92 Å². The second kappa shape index (κ2) is 7.77. The number of aliphatic hydroxyl groups is 1. The number of aliphatic hydroxyl groups excluding tert-OH is 1. The highest BCUT2D eigenvalue weighted by molar-refractivity contribution is 4.99. The van der Waals surface area contributed by atoms with E-state index in [2.05, 4.69) is 24.1 Å². The predicted molar refractivity (Wildman–Crippen MR) is 85.0 cm³/mol. The zero-order valence-electron chi connectivity index (χ0n) is 13.5. The molecule has 0 aromatic carbocycles. The first kappa shape index (κ1) is 16.3. The van der Waals surface area contributed by atoms with Gasteiger partial charge in [0, 0.05) is 11.6 Å². The Morgan fingerprint density at radius 1 is 1.20 bits per heavy atom. The van der Waals surface area contributed by atoms with E-state index in [9.17, 15) is 5.11 Å². The van der Waals surface area contributed by atoms with E-state index in [1.54, 1.807) is 0 Å². The topological polar surface area (TPSA) is 35.5 Å². The molecule has 0 aromatic heterocycles. The highest BCUT2D eigenvalue weighted by Gasteiger charge is 2.41. The summed E-state index contributed by atoms with van der Waals surface area (Å²) in [6, 6.07) is 0.880. The quantitative estimate of drug-likeness (QED) is 0.647. The first-order valence-electron chi connectivity index (χ1n) is 8.85. The van der Waals surface area contributed by atoms with Crippen LogP contribution in [0.5, 0.6) is 0 Å². The molecule has 2 saturated carbocycles. The summed E-state index contributed by atoms with van der Waals surface area (Å²) in [5.41, 5.74) is 0.0225. The first-order chi connectivity index (χ1) is 9.75. The molecule has 0 saturated heterocycles. The van der Waals surface area contributed by atoms with Crippen LogP contribution in [0.15, 0.2) is 0 Å². The van der Waals surface area contributed by atoms with Crippen molar-refractivity contribution in [2.24, 2.45) is 5.92 Å². The SMILES string of the molecule is CCCCN(CCC1CCCC1(CO)NCC)C1CC1. The van der Waals surface area contributed by atoms with E-state index >= 15 is 0 Å². The van der Waals surface area contributed by atoms with Gasteiger partial charge < -0.3 is 15.3 Å². The standard InChI is InChI=1S/C17H34N2O/c1-3-5-12-19(16-8-9-16)13-10-15-7-6-11-17(15,14-20)18-4-2/h15-16,18,20H,3-14H2,1-2H3. The van der Waals surface area contributed by atoms with Crippen LogP contribution in [0.1, 0.15) is 65.2 Å². The molecule has 0 aromatic rings. The third-order valence-electron chi connectivity index (χ3n) is 5.39. The maximum atomic E-state index is 9.87. The van der Waals surface area contributed by atoms with Gasteiger partial charge in [0.1, 0.15) is 0 Å². The van der Waals surface area contributed by atoms with Crippen LogP contribution in [0.4, 0.5) is 0 Å². The third-order valence-corrected chi connectivity index (χ3v) is 5.39. The van der Waals surface area contributed by atoms with Gasteiger partial charge in [-0.25, -0.2) is 0 Å². The molecular weight excluding hydrogens is 248 g/mol. The predicted octanol–water partition coefficient (Wildman–Crippen LogP) is 2.78. The molecule has 2 N–H and O–H groups in total. The Labute approximate surface area is 125 Å². The molecule has 118 valence electrons. The van der Waals surface area contributed by atoms with E-state index in [-0.39, 0.29) is 5.54 Å². The zero-order valence-corrected chi connectivity index (χ0v) is 13.5. The molecule has 2 aliphatic rings. The lowest BCUT2D eigenvalue weighted by atomic mass is 9.85. The van der Waals surface area contributed by atoms with Crippen molar-refractivity contribution >= 4 is 0 Å². The van der Waals surface area contributed by atoms with Crippen molar-refractivity contribution < 1.29 is 5.11 Å². The Morgan fingerprint density at radius 2 is 2.00 bits per heavy atom. The highest BCUT2D eigenvalue weighted by atomic mass is 16.3. The van der Waals surface area contributed by atoms with Gasteiger partial charge in [0.15, 0.2) is 0 Å². The van der Waals surface area contributed by atoms with Crippen molar-refractivity contribution in [2.75, 3.05) is 26.2 Å². The average molecular weight is 282 g/mol. The summed E-state index contributed by atoms with van der Waals surface area (Å²) in [7, 11) is 0. The molecule has 3 heteroatoms. The fourth-order valence-corrected chi connectivity index (χ4v) is 4.01. The van der Waals surface area contributed by atoms with Gasteiger partial charge in [-0.1, -0.05) is 26.7 Å². The molecule has 2 unspecified atom stereocenters. The van der Waals surface area contributed by atoms with Crippen molar-refractivity contribution in [3.63, 3.8) is 0 Å². The summed E-state index contributed by atoms with van der Waals surface area (Å²) < 4.78 is 0. The van der Waals surface area contributed by atoms with Gasteiger partial charge in [0.2, 0.25) is 0 Å². The second-order valence-corrected chi connectivity index (χ2v) is 6.84. The van der Waals surface area contributed by atoms with E-state index in [1.807, 2.05) is 0 Å². The number of nitrogens with one attached hydrogen (secondary N) is 1. The summed E-state index contributed by atoms with van der Waals surface area (Å²) in [5.74, 6) is 0.662. The fourth-order valence-electron chi connectivity index (χ4n) is 4.01. The van der Waals surface area contributed by atoms with Gasteiger partial charge in [0.05, 0.1) is 6.61 Å². The van der Waals surface area contributed by atoms with Crippen LogP contribution >= 0.6 is 0 Å². The normalized spacial score (nSPS) is 30.3. The molecule has 20 heavy (non-hydrogen) atoms. The van der Waals surface area contributed by atoms with Crippen molar-refractivity contribution in [3.8, 4) is 0 Å². The van der Waals surface area contributed by atoms with Crippen LogP contribution in [-0.2, 0) is 0 Å². The van der Waals surface area contributed by atoms with E-state index in [0.717, 1.165) is 19.0 Å². The van der Waals surface area contributed by atoms with Crippen LogP contribution in [0.25, 0.3) is 0 Å². The van der Waals surface area contributed by atoms with Crippen LogP contribution in [-0.4, -0.2) is 47.8 Å². The van der Waals surface area contributed by atoms with E-state index in [0.29, 0.717) is 12.5 Å². The Bertz CT molecular complexity index is 280. The molecular formula is C17H34N2O. The molecule has 0 spiro atoms. The first-order valence-corrected chi connectivity index (χ1v) is 8.85. The number of likely N-dealkylation sites (N-methyl/N-ethyl adjacent to an activating group) is 1. The Balaban J connectivity index is 1.84. The summed E-state index contributed by atoms with van der Waals surface area (Å²) in [6.45, 7) is 8.24. The van der Waals surface area contributed by atoms with Crippen molar-refractivity contribution in [2.45, 2.75) is 76.8 Å². The van der Waals surface area contributed by atoms with Crippen LogP contribution < -0.4 is 5.32 Å². The van der Waals surface area contributed by atoms with Crippen molar-refractivity contribution in [1.29, 1.82) is 0 Å². The van der Waals surface area contributed by atoms with E-state index in [4.69, 9.17) is 0 Å². The maximum absolute atomic E-state index is 9.87. The van der Waals surface area contributed by atoms with E-state index in [1.165, 1.54) is 58.0 Å².